The third-order valence-corrected chi connectivity index (χ3v) is 4.64. The van der Waals surface area contributed by atoms with E-state index in [-0.39, 0.29) is 27.8 Å². The van der Waals surface area contributed by atoms with Gasteiger partial charge in [0.15, 0.2) is 23.0 Å². The van der Waals surface area contributed by atoms with E-state index in [0.717, 1.165) is 25.2 Å². The molecular formula is C19H15ClN2O7. The van der Waals surface area contributed by atoms with E-state index < -0.39 is 17.7 Å². The minimum Gasteiger partial charge on any atom is -0.418 e. The highest BCUT2D eigenvalue weighted by atomic mass is 35.5. The standard InChI is InChI=1S/C19H15ClN2O7/c20-13-2-1-12(18-19(13)28-16(24)4-3-15(23)27-18)17(25)14-9-11(29-21-14)10-22-5-7-26-8-6-22/h1-4,9H,5-8,10H2/b4-3-. The van der Waals surface area contributed by atoms with Gasteiger partial charge < -0.3 is 18.7 Å². The molecule has 0 amide bonds. The van der Waals surface area contributed by atoms with Gasteiger partial charge >= 0.3 is 11.9 Å². The minimum atomic E-state index is -0.840. The number of ketones is 1. The van der Waals surface area contributed by atoms with Gasteiger partial charge in [-0.2, -0.15) is 0 Å². The van der Waals surface area contributed by atoms with Crippen molar-refractivity contribution in [2.75, 3.05) is 26.3 Å². The number of fused-ring (bicyclic) bond motifs is 1. The van der Waals surface area contributed by atoms with Gasteiger partial charge in [0.2, 0.25) is 5.78 Å². The monoisotopic (exact) mass is 418 g/mol. The Morgan fingerprint density at radius 1 is 1.07 bits per heavy atom. The number of morpholine rings is 1. The molecule has 3 heterocycles. The third-order valence-electron chi connectivity index (χ3n) is 4.34. The Morgan fingerprint density at radius 2 is 1.76 bits per heavy atom. The van der Waals surface area contributed by atoms with Crippen molar-refractivity contribution in [1.29, 1.82) is 0 Å². The predicted octanol–water partition coefficient (Wildman–Crippen LogP) is 1.77. The van der Waals surface area contributed by atoms with Crippen molar-refractivity contribution in [1.82, 2.24) is 10.1 Å². The molecule has 9 nitrogen and oxygen atoms in total. The highest BCUT2D eigenvalue weighted by Gasteiger charge is 2.27. The number of esters is 2. The Balaban J connectivity index is 1.63. The van der Waals surface area contributed by atoms with Gasteiger partial charge in [-0.25, -0.2) is 9.59 Å². The molecular weight excluding hydrogens is 404 g/mol. The van der Waals surface area contributed by atoms with E-state index >= 15 is 0 Å². The zero-order chi connectivity index (χ0) is 20.4. The average molecular weight is 419 g/mol. The highest BCUT2D eigenvalue weighted by molar-refractivity contribution is 6.33. The molecule has 1 aromatic carbocycles. The molecule has 1 fully saturated rings. The Labute approximate surface area is 169 Å². The lowest BCUT2D eigenvalue weighted by atomic mass is 10.1. The van der Waals surface area contributed by atoms with Gasteiger partial charge in [0, 0.05) is 31.3 Å². The number of nitrogens with zero attached hydrogens (tertiary/aromatic N) is 2. The summed E-state index contributed by atoms with van der Waals surface area (Å²) in [6.45, 7) is 3.26. The lowest BCUT2D eigenvalue weighted by Gasteiger charge is -2.25. The van der Waals surface area contributed by atoms with Crippen LogP contribution in [0.4, 0.5) is 0 Å². The summed E-state index contributed by atoms with van der Waals surface area (Å²) in [7, 11) is 0. The first-order valence-corrected chi connectivity index (χ1v) is 9.13. The molecule has 29 heavy (non-hydrogen) atoms. The molecule has 0 saturated carbocycles. The maximum Gasteiger partial charge on any atom is 0.336 e. The topological polar surface area (TPSA) is 108 Å². The van der Waals surface area contributed by atoms with Crippen molar-refractivity contribution >= 4 is 29.3 Å². The molecule has 0 aliphatic carbocycles. The van der Waals surface area contributed by atoms with Crippen LogP contribution < -0.4 is 9.47 Å². The number of benzene rings is 1. The molecule has 2 aromatic rings. The molecule has 0 bridgehead atoms. The van der Waals surface area contributed by atoms with Gasteiger partial charge in [-0.05, 0) is 12.1 Å². The van der Waals surface area contributed by atoms with Crippen LogP contribution in [0.1, 0.15) is 21.8 Å². The van der Waals surface area contributed by atoms with Gasteiger partial charge in [-0.15, -0.1) is 0 Å². The summed E-state index contributed by atoms with van der Waals surface area (Å²) < 4.78 is 20.9. The van der Waals surface area contributed by atoms with Crippen LogP contribution in [0.2, 0.25) is 5.02 Å². The summed E-state index contributed by atoms with van der Waals surface area (Å²) in [5.74, 6) is -2.17. The van der Waals surface area contributed by atoms with Crippen LogP contribution in [0.5, 0.6) is 11.5 Å². The van der Waals surface area contributed by atoms with E-state index in [1.165, 1.54) is 18.2 Å². The molecule has 0 spiro atoms. The molecule has 0 unspecified atom stereocenters. The number of hydrogen-bond acceptors (Lipinski definition) is 9. The zero-order valence-electron chi connectivity index (χ0n) is 15.1. The van der Waals surface area contributed by atoms with E-state index in [1.807, 2.05) is 0 Å². The van der Waals surface area contributed by atoms with E-state index in [9.17, 15) is 14.4 Å². The Hall–Kier alpha value is -3.01. The average Bonchev–Trinajstić information content (AvgIpc) is 3.17. The van der Waals surface area contributed by atoms with Crippen molar-refractivity contribution in [3.63, 3.8) is 0 Å². The van der Waals surface area contributed by atoms with Crippen LogP contribution in [0, 0.1) is 0 Å². The summed E-state index contributed by atoms with van der Waals surface area (Å²) in [6.07, 6.45) is 1.81. The number of ether oxygens (including phenoxy) is 3. The van der Waals surface area contributed by atoms with Gasteiger partial charge in [-0.1, -0.05) is 16.8 Å². The number of carbonyl (C=O) groups is 3. The fourth-order valence-corrected chi connectivity index (χ4v) is 3.12. The van der Waals surface area contributed by atoms with Crippen LogP contribution in [-0.2, 0) is 20.9 Å². The summed E-state index contributed by atoms with van der Waals surface area (Å²) in [4.78, 5) is 38.7. The first-order valence-electron chi connectivity index (χ1n) is 8.76. The van der Waals surface area contributed by atoms with E-state index in [2.05, 4.69) is 10.1 Å². The van der Waals surface area contributed by atoms with Crippen LogP contribution in [-0.4, -0.2) is 54.1 Å². The predicted molar refractivity (Wildman–Crippen MR) is 97.9 cm³/mol. The second-order valence-electron chi connectivity index (χ2n) is 6.32. The summed E-state index contributed by atoms with van der Waals surface area (Å²) >= 11 is 6.06. The van der Waals surface area contributed by atoms with Crippen LogP contribution in [0.15, 0.2) is 34.9 Å². The first-order chi connectivity index (χ1) is 14.0. The van der Waals surface area contributed by atoms with Gasteiger partial charge in [0.05, 0.1) is 30.3 Å². The smallest absolute Gasteiger partial charge is 0.336 e. The summed E-state index contributed by atoms with van der Waals surface area (Å²) in [6, 6.07) is 4.26. The number of carbonyl (C=O) groups excluding carboxylic acids is 3. The van der Waals surface area contributed by atoms with Crippen molar-refractivity contribution < 1.29 is 33.1 Å². The Bertz CT molecular complexity index is 1010. The van der Waals surface area contributed by atoms with Crippen LogP contribution in [0.25, 0.3) is 0 Å². The lowest BCUT2D eigenvalue weighted by Crippen LogP contribution is -2.35. The number of hydrogen-bond donors (Lipinski definition) is 0. The molecule has 0 N–H and O–H groups in total. The van der Waals surface area contributed by atoms with E-state index in [1.54, 1.807) is 0 Å². The molecule has 1 saturated heterocycles. The van der Waals surface area contributed by atoms with Crippen LogP contribution >= 0.6 is 11.6 Å². The molecule has 10 heteroatoms. The molecule has 0 atom stereocenters. The van der Waals surface area contributed by atoms with Crippen molar-refractivity contribution in [3.8, 4) is 11.5 Å². The second-order valence-corrected chi connectivity index (χ2v) is 6.73. The Morgan fingerprint density at radius 3 is 2.48 bits per heavy atom. The number of aromatic nitrogens is 1. The maximum absolute atomic E-state index is 13.0. The van der Waals surface area contributed by atoms with E-state index in [4.69, 9.17) is 30.3 Å². The Kier molecular flexibility index (Phi) is 5.43. The van der Waals surface area contributed by atoms with Gasteiger partial charge in [-0.3, -0.25) is 9.69 Å². The molecule has 150 valence electrons. The maximum atomic E-state index is 13.0. The van der Waals surface area contributed by atoms with E-state index in [0.29, 0.717) is 25.5 Å². The lowest BCUT2D eigenvalue weighted by molar-refractivity contribution is -0.133. The normalized spacial score (nSPS) is 18.2. The molecule has 0 radical (unpaired) electrons. The summed E-state index contributed by atoms with van der Waals surface area (Å²) in [5.41, 5.74) is -0.00942. The molecule has 2 aliphatic heterocycles. The van der Waals surface area contributed by atoms with Gasteiger partial charge in [0.25, 0.3) is 0 Å². The fraction of sp³-hybridized carbons (Fsp3) is 0.263. The van der Waals surface area contributed by atoms with Crippen molar-refractivity contribution in [2.24, 2.45) is 0 Å². The summed E-state index contributed by atoms with van der Waals surface area (Å²) in [5, 5.41) is 3.84. The van der Waals surface area contributed by atoms with Crippen LogP contribution in [0.3, 0.4) is 0 Å². The zero-order valence-corrected chi connectivity index (χ0v) is 15.8. The second kappa shape index (κ2) is 8.16. The fourth-order valence-electron chi connectivity index (χ4n) is 2.93. The SMILES string of the molecule is O=C1/C=C\C(=O)Oc2c(C(=O)c3cc(CN4CCOCC4)on3)ccc(Cl)c2O1. The molecule has 4 rings (SSSR count). The van der Waals surface area contributed by atoms with Crippen molar-refractivity contribution in [3.05, 3.63) is 52.4 Å². The quantitative estimate of drug-likeness (QED) is 0.417. The van der Waals surface area contributed by atoms with Crippen molar-refractivity contribution in [2.45, 2.75) is 6.54 Å². The third kappa shape index (κ3) is 4.21. The largest absolute Gasteiger partial charge is 0.418 e. The number of halogens is 1. The van der Waals surface area contributed by atoms with Gasteiger partial charge in [0.1, 0.15) is 0 Å². The minimum absolute atomic E-state index is 0.0150. The number of rotatable bonds is 4. The molecule has 2 aliphatic rings. The molecule has 1 aromatic heterocycles. The first kappa shape index (κ1) is 19.3. The highest BCUT2D eigenvalue weighted by Crippen LogP contribution is 2.40.